The van der Waals surface area contributed by atoms with Crippen LogP contribution in [0.5, 0.6) is 17.2 Å². The molecule has 0 heterocycles. The van der Waals surface area contributed by atoms with Crippen molar-refractivity contribution in [3.05, 3.63) is 199 Å². The Balaban J connectivity index is 1.08. The third kappa shape index (κ3) is 10.9. The van der Waals surface area contributed by atoms with E-state index in [4.69, 9.17) is 9.47 Å². The lowest BCUT2D eigenvalue weighted by Crippen LogP contribution is -2.31. The van der Waals surface area contributed by atoms with Crippen molar-refractivity contribution in [2.24, 2.45) is 0 Å². The number of carbonyl (C=O) groups is 1. The van der Waals surface area contributed by atoms with E-state index in [1.807, 2.05) is 66.7 Å². The highest BCUT2D eigenvalue weighted by Crippen LogP contribution is 2.41. The van der Waals surface area contributed by atoms with E-state index >= 15 is 0 Å². The molecule has 0 aliphatic heterocycles. The van der Waals surface area contributed by atoms with Gasteiger partial charge in [0.25, 0.3) is 0 Å². The van der Waals surface area contributed by atoms with Crippen molar-refractivity contribution in [1.29, 1.82) is 0 Å². The third-order valence-electron chi connectivity index (χ3n) is 12.6. The zero-order valence-electron chi connectivity index (χ0n) is 38.6. The number of para-hydroxylation sites is 2. The molecule has 7 rings (SSSR count). The number of benzene rings is 7. The monoisotopic (exact) mass is 848 g/mol. The van der Waals surface area contributed by atoms with Gasteiger partial charge in [0, 0.05) is 45.3 Å². The molecular weight excluding hydrogens is 785 g/mol. The van der Waals surface area contributed by atoms with Crippen LogP contribution in [0.15, 0.2) is 182 Å². The number of ketones is 1. The fourth-order valence-electron chi connectivity index (χ4n) is 8.77. The van der Waals surface area contributed by atoms with E-state index in [1.54, 1.807) is 0 Å². The molecule has 0 radical (unpaired) electrons. The summed E-state index contributed by atoms with van der Waals surface area (Å²) in [6.07, 6.45) is 8.97. The van der Waals surface area contributed by atoms with E-state index in [2.05, 4.69) is 167 Å². The molecule has 5 heteroatoms. The molecule has 0 aliphatic rings. The summed E-state index contributed by atoms with van der Waals surface area (Å²) in [5.74, 6) is 2.10. The number of ether oxygens (including phenoxy) is 2. The van der Waals surface area contributed by atoms with E-state index in [9.17, 15) is 4.79 Å². The lowest BCUT2D eigenvalue weighted by atomic mass is 9.75. The summed E-state index contributed by atoms with van der Waals surface area (Å²) in [5, 5.41) is 0. The minimum atomic E-state index is -0.213. The van der Waals surface area contributed by atoms with E-state index in [0.29, 0.717) is 22.6 Å². The van der Waals surface area contributed by atoms with Gasteiger partial charge >= 0.3 is 0 Å². The van der Waals surface area contributed by atoms with Crippen LogP contribution in [-0.2, 0) is 5.41 Å². The molecule has 0 aromatic heterocycles. The minimum Gasteiger partial charge on any atom is -0.488 e. The Morgan fingerprint density at radius 3 is 1.25 bits per heavy atom. The van der Waals surface area contributed by atoms with Gasteiger partial charge in [-0.2, -0.15) is 0 Å². The lowest BCUT2D eigenvalue weighted by molar-refractivity contribution is 0.0741. The van der Waals surface area contributed by atoms with E-state index in [-0.39, 0.29) is 16.8 Å². The average molecular weight is 849 g/mol. The Bertz CT molecular complexity index is 2500. The predicted molar refractivity (Wildman–Crippen MR) is 268 cm³/mol. The molecule has 64 heavy (non-hydrogen) atoms. The van der Waals surface area contributed by atoms with Gasteiger partial charge in [-0.25, -0.2) is 0 Å². The van der Waals surface area contributed by atoms with Gasteiger partial charge in [0.05, 0.1) is 0 Å². The number of nitrogens with zero attached hydrogens (tertiary/aromatic N) is 2. The smallest absolute Gasteiger partial charge is 0.193 e. The maximum atomic E-state index is 13.4. The second-order valence-corrected chi connectivity index (χ2v) is 17.4. The van der Waals surface area contributed by atoms with Crippen molar-refractivity contribution in [3.8, 4) is 17.2 Å². The van der Waals surface area contributed by atoms with E-state index in [0.717, 1.165) is 59.1 Å². The standard InChI is InChI=1S/C59H64N2O3/c1-7-11-44-58(5,42-8-2)47-26-28-50(29-27-47)60(48-18-14-12-15-19-48)51-30-32-52(33-31-51)61(49-20-16-13-17-21-49)53-34-40-55(41-35-53)63-54-36-22-45(23-37-54)57(62)46-24-38-56(39-25-46)64-59(6,10-4)43-9-3/h12-41H,7-11,42-44H2,1-6H3. The van der Waals surface area contributed by atoms with Crippen LogP contribution < -0.4 is 19.3 Å². The fourth-order valence-corrected chi connectivity index (χ4v) is 8.77. The van der Waals surface area contributed by atoms with E-state index < -0.39 is 0 Å². The summed E-state index contributed by atoms with van der Waals surface area (Å²) < 4.78 is 12.6. The van der Waals surface area contributed by atoms with Crippen LogP contribution in [0.25, 0.3) is 0 Å². The summed E-state index contributed by atoms with van der Waals surface area (Å²) in [6.45, 7) is 13.5. The molecular formula is C59H64N2O3. The first kappa shape index (κ1) is 45.4. The summed E-state index contributed by atoms with van der Waals surface area (Å²) in [5.41, 5.74) is 9.02. The molecule has 0 amide bonds. The average Bonchev–Trinajstić information content (AvgIpc) is 3.33. The first-order chi connectivity index (χ1) is 31.2. The molecule has 0 aliphatic carbocycles. The van der Waals surface area contributed by atoms with Crippen molar-refractivity contribution >= 4 is 39.9 Å². The van der Waals surface area contributed by atoms with Gasteiger partial charge in [-0.1, -0.05) is 109 Å². The van der Waals surface area contributed by atoms with Crippen LogP contribution in [0.4, 0.5) is 34.1 Å². The highest BCUT2D eigenvalue weighted by molar-refractivity contribution is 6.09. The van der Waals surface area contributed by atoms with Gasteiger partial charge in [0.2, 0.25) is 0 Å². The maximum Gasteiger partial charge on any atom is 0.193 e. The molecule has 0 saturated heterocycles. The number of carbonyl (C=O) groups excluding carboxylic acids is 1. The number of rotatable bonds is 21. The molecule has 0 N–H and O–H groups in total. The number of hydrogen-bond donors (Lipinski definition) is 0. The zero-order valence-corrected chi connectivity index (χ0v) is 38.6. The molecule has 0 bridgehead atoms. The first-order valence-corrected chi connectivity index (χ1v) is 23.3. The van der Waals surface area contributed by atoms with Crippen molar-refractivity contribution in [3.63, 3.8) is 0 Å². The second kappa shape index (κ2) is 21.2. The molecule has 0 saturated carbocycles. The van der Waals surface area contributed by atoms with Gasteiger partial charge in [0.15, 0.2) is 5.78 Å². The van der Waals surface area contributed by atoms with E-state index in [1.165, 1.54) is 37.7 Å². The van der Waals surface area contributed by atoms with Gasteiger partial charge in [-0.3, -0.25) is 4.79 Å². The Kier molecular flexibility index (Phi) is 15.0. The van der Waals surface area contributed by atoms with Crippen LogP contribution in [0.2, 0.25) is 0 Å². The molecule has 0 fully saturated rings. The zero-order chi connectivity index (χ0) is 44.9. The fraction of sp³-hybridized carbons (Fsp3) is 0.271. The predicted octanol–water partition coefficient (Wildman–Crippen LogP) is 17.2. The van der Waals surface area contributed by atoms with Crippen molar-refractivity contribution in [2.45, 2.75) is 104 Å². The Morgan fingerprint density at radius 1 is 0.438 bits per heavy atom. The number of unbranched alkanes of at least 4 members (excludes halogenated alkanes) is 1. The molecule has 7 aromatic carbocycles. The van der Waals surface area contributed by atoms with Gasteiger partial charge in [0.1, 0.15) is 22.8 Å². The number of anilines is 6. The summed E-state index contributed by atoms with van der Waals surface area (Å²) in [4.78, 5) is 18.0. The van der Waals surface area contributed by atoms with Crippen molar-refractivity contribution < 1.29 is 14.3 Å². The van der Waals surface area contributed by atoms with Gasteiger partial charge in [-0.05, 0) is 177 Å². The SMILES string of the molecule is CCCCC(C)(CCC)c1ccc(N(c2ccccc2)c2ccc(N(c3ccccc3)c3ccc(Oc4ccc(C(=O)c5ccc(OC(C)(CC)CCC)cc5)cc4)cc3)cc2)cc1. The van der Waals surface area contributed by atoms with Crippen LogP contribution in [0.1, 0.15) is 114 Å². The minimum absolute atomic E-state index is 0.0437. The third-order valence-corrected chi connectivity index (χ3v) is 12.6. The second-order valence-electron chi connectivity index (χ2n) is 17.4. The topological polar surface area (TPSA) is 42.0 Å². The Hall–Kier alpha value is -6.59. The van der Waals surface area contributed by atoms with Crippen LogP contribution in [-0.4, -0.2) is 11.4 Å². The normalized spacial score (nSPS) is 13.0. The Morgan fingerprint density at radius 2 is 0.828 bits per heavy atom. The van der Waals surface area contributed by atoms with Crippen LogP contribution in [0, 0.1) is 0 Å². The molecule has 0 spiro atoms. The highest BCUT2D eigenvalue weighted by Gasteiger charge is 2.26. The molecule has 2 unspecified atom stereocenters. The first-order valence-electron chi connectivity index (χ1n) is 23.3. The summed E-state index contributed by atoms with van der Waals surface area (Å²) >= 11 is 0. The quantitative estimate of drug-likeness (QED) is 0.0674. The lowest BCUT2D eigenvalue weighted by Gasteiger charge is -2.32. The van der Waals surface area contributed by atoms with Crippen molar-refractivity contribution in [1.82, 2.24) is 0 Å². The van der Waals surface area contributed by atoms with Crippen LogP contribution in [0.3, 0.4) is 0 Å². The van der Waals surface area contributed by atoms with Gasteiger partial charge < -0.3 is 19.3 Å². The number of hydrogen-bond acceptors (Lipinski definition) is 5. The summed E-state index contributed by atoms with van der Waals surface area (Å²) in [6, 6.07) is 62.0. The largest absolute Gasteiger partial charge is 0.488 e. The molecule has 2 atom stereocenters. The summed E-state index contributed by atoms with van der Waals surface area (Å²) in [7, 11) is 0. The van der Waals surface area contributed by atoms with Crippen molar-refractivity contribution in [2.75, 3.05) is 9.80 Å². The van der Waals surface area contributed by atoms with Crippen LogP contribution >= 0.6 is 0 Å². The van der Waals surface area contributed by atoms with Gasteiger partial charge in [-0.15, -0.1) is 0 Å². The molecule has 7 aromatic rings. The molecule has 5 nitrogen and oxygen atoms in total. The molecule has 328 valence electrons. The highest BCUT2D eigenvalue weighted by atomic mass is 16.5. The maximum absolute atomic E-state index is 13.4. The Labute approximate surface area is 382 Å².